The average molecular weight is 266 g/mol. The van der Waals surface area contributed by atoms with Gasteiger partial charge in [0.05, 0.1) is 5.56 Å². The lowest BCUT2D eigenvalue weighted by molar-refractivity contribution is 0.0954. The number of anilines is 1. The first-order valence-corrected chi connectivity index (χ1v) is 5.73. The molecule has 7 heteroatoms. The molecular weight excluding hydrogens is 248 g/mol. The molecule has 1 aromatic carbocycles. The lowest BCUT2D eigenvalue weighted by Gasteiger charge is -2.12. The van der Waals surface area contributed by atoms with Gasteiger partial charge in [-0.3, -0.25) is 4.79 Å². The lowest BCUT2D eigenvalue weighted by atomic mass is 10.1. The smallest absolute Gasteiger partial charge is 0.316 e. The van der Waals surface area contributed by atoms with Crippen molar-refractivity contribution in [2.45, 2.75) is 0 Å². The highest BCUT2D eigenvalue weighted by Crippen LogP contribution is 2.17. The van der Waals surface area contributed by atoms with Gasteiger partial charge in [-0.1, -0.05) is 0 Å². The molecule has 104 valence electrons. The number of amides is 3. The molecule has 1 rings (SSSR count). The molecule has 0 unspecified atom stereocenters. The molecule has 0 fully saturated rings. The summed E-state index contributed by atoms with van der Waals surface area (Å²) in [5.74, 6) is -0.423. The summed E-state index contributed by atoms with van der Waals surface area (Å²) in [6.45, 7) is 0.578. The van der Waals surface area contributed by atoms with E-state index in [1.54, 1.807) is 14.1 Å². The van der Waals surface area contributed by atoms with Gasteiger partial charge in [-0.15, -0.1) is 0 Å². The van der Waals surface area contributed by atoms with Gasteiger partial charge in [-0.25, -0.2) is 4.79 Å². The topological polar surface area (TPSA) is 108 Å². The van der Waals surface area contributed by atoms with Gasteiger partial charge in [0.2, 0.25) is 0 Å². The number of nitrogens with two attached hydrogens (primary N) is 1. The van der Waals surface area contributed by atoms with Crippen LogP contribution in [0.5, 0.6) is 5.75 Å². The number of aromatic hydroxyl groups is 1. The van der Waals surface area contributed by atoms with E-state index < -0.39 is 5.91 Å². The van der Waals surface area contributed by atoms with Crippen LogP contribution >= 0.6 is 0 Å². The van der Waals surface area contributed by atoms with E-state index in [9.17, 15) is 14.7 Å². The Bertz CT molecular complexity index is 474. The van der Waals surface area contributed by atoms with Gasteiger partial charge in [0.15, 0.2) is 0 Å². The van der Waals surface area contributed by atoms with E-state index in [-0.39, 0.29) is 29.6 Å². The molecule has 0 aliphatic carbocycles. The van der Waals surface area contributed by atoms with Crippen LogP contribution in [0, 0.1) is 0 Å². The van der Waals surface area contributed by atoms with Crippen LogP contribution in [0.4, 0.5) is 10.5 Å². The monoisotopic (exact) mass is 266 g/mol. The van der Waals surface area contributed by atoms with Crippen molar-refractivity contribution >= 4 is 17.6 Å². The van der Waals surface area contributed by atoms with Gasteiger partial charge in [-0.2, -0.15) is 0 Å². The Morgan fingerprint density at radius 1 is 1.26 bits per heavy atom. The molecule has 19 heavy (non-hydrogen) atoms. The minimum absolute atomic E-state index is 0.0275. The summed E-state index contributed by atoms with van der Waals surface area (Å²) in [4.78, 5) is 24.4. The van der Waals surface area contributed by atoms with Gasteiger partial charge in [0.1, 0.15) is 5.75 Å². The number of nitrogen functional groups attached to an aromatic ring is 1. The quantitative estimate of drug-likeness (QED) is 0.349. The predicted molar refractivity (Wildman–Crippen MR) is 71.9 cm³/mol. The summed E-state index contributed by atoms with van der Waals surface area (Å²) < 4.78 is 0. The first-order chi connectivity index (χ1) is 8.91. The minimum atomic E-state index is -0.396. The Balaban J connectivity index is 2.44. The number of phenolic OH excluding ortho intramolecular Hbond substituents is 1. The number of carbonyl (C=O) groups is 2. The molecule has 0 heterocycles. The van der Waals surface area contributed by atoms with Crippen LogP contribution in [0.25, 0.3) is 0 Å². The number of nitrogens with zero attached hydrogens (tertiary/aromatic N) is 1. The van der Waals surface area contributed by atoms with E-state index in [4.69, 9.17) is 5.73 Å². The molecule has 0 bridgehead atoms. The zero-order valence-electron chi connectivity index (χ0n) is 10.9. The maximum atomic E-state index is 11.8. The van der Waals surface area contributed by atoms with Gasteiger partial charge in [0.25, 0.3) is 5.91 Å². The first kappa shape index (κ1) is 14.6. The van der Waals surface area contributed by atoms with Gasteiger partial charge in [-0.05, 0) is 18.2 Å². The van der Waals surface area contributed by atoms with Crippen molar-refractivity contribution in [3.05, 3.63) is 23.8 Å². The van der Waals surface area contributed by atoms with E-state index in [1.807, 2.05) is 0 Å². The third-order valence-electron chi connectivity index (χ3n) is 2.37. The molecule has 0 aliphatic heterocycles. The highest BCUT2D eigenvalue weighted by Gasteiger charge is 2.10. The number of phenols is 1. The summed E-state index contributed by atoms with van der Waals surface area (Å²) in [6.07, 6.45) is 0. The SMILES string of the molecule is CN(C)C(=O)NCCNC(=O)c1cc(O)ccc1N. The zero-order valence-corrected chi connectivity index (χ0v) is 10.9. The maximum Gasteiger partial charge on any atom is 0.316 e. The molecule has 7 nitrogen and oxygen atoms in total. The predicted octanol–water partition coefficient (Wildman–Crippen LogP) is -0.0246. The van der Waals surface area contributed by atoms with Crippen molar-refractivity contribution in [2.75, 3.05) is 32.9 Å². The van der Waals surface area contributed by atoms with E-state index in [0.717, 1.165) is 0 Å². The first-order valence-electron chi connectivity index (χ1n) is 5.73. The molecule has 0 atom stereocenters. The van der Waals surface area contributed by atoms with Crippen molar-refractivity contribution in [3.63, 3.8) is 0 Å². The number of hydrogen-bond donors (Lipinski definition) is 4. The Kier molecular flexibility index (Phi) is 4.99. The molecule has 0 aliphatic rings. The Morgan fingerprint density at radius 3 is 2.53 bits per heavy atom. The van der Waals surface area contributed by atoms with Gasteiger partial charge < -0.3 is 26.4 Å². The molecule has 0 spiro atoms. The van der Waals surface area contributed by atoms with Crippen LogP contribution in [-0.2, 0) is 0 Å². The lowest BCUT2D eigenvalue weighted by Crippen LogP contribution is -2.39. The fourth-order valence-electron chi connectivity index (χ4n) is 1.34. The normalized spacial score (nSPS) is 9.79. The molecule has 5 N–H and O–H groups in total. The second kappa shape index (κ2) is 6.48. The van der Waals surface area contributed by atoms with E-state index in [0.29, 0.717) is 6.54 Å². The standard InChI is InChI=1S/C12H18N4O3/c1-16(2)12(19)15-6-5-14-11(18)9-7-8(17)3-4-10(9)13/h3-4,7,17H,5-6,13H2,1-2H3,(H,14,18)(H,15,19). The number of hydrogen-bond acceptors (Lipinski definition) is 4. The summed E-state index contributed by atoms with van der Waals surface area (Å²) in [5, 5.41) is 14.5. The van der Waals surface area contributed by atoms with E-state index in [1.165, 1.54) is 23.1 Å². The van der Waals surface area contributed by atoms with Crippen molar-refractivity contribution in [1.82, 2.24) is 15.5 Å². The highest BCUT2D eigenvalue weighted by atomic mass is 16.3. The average Bonchev–Trinajstić information content (AvgIpc) is 2.36. The van der Waals surface area contributed by atoms with Crippen LogP contribution in [0.1, 0.15) is 10.4 Å². The van der Waals surface area contributed by atoms with E-state index in [2.05, 4.69) is 10.6 Å². The van der Waals surface area contributed by atoms with Crippen molar-refractivity contribution < 1.29 is 14.7 Å². The third kappa shape index (κ3) is 4.38. The minimum Gasteiger partial charge on any atom is -0.508 e. The number of nitrogens with one attached hydrogen (secondary N) is 2. The molecule has 0 saturated carbocycles. The Morgan fingerprint density at radius 2 is 1.89 bits per heavy atom. The zero-order chi connectivity index (χ0) is 14.4. The van der Waals surface area contributed by atoms with E-state index >= 15 is 0 Å². The van der Waals surface area contributed by atoms with Crippen LogP contribution in [0.3, 0.4) is 0 Å². The Hall–Kier alpha value is -2.44. The van der Waals surface area contributed by atoms with Gasteiger partial charge >= 0.3 is 6.03 Å². The van der Waals surface area contributed by atoms with Crippen LogP contribution < -0.4 is 16.4 Å². The van der Waals surface area contributed by atoms with Crippen LogP contribution in [-0.4, -0.2) is 49.1 Å². The molecule has 1 aromatic rings. The summed E-state index contributed by atoms with van der Waals surface area (Å²) in [7, 11) is 3.25. The number of benzene rings is 1. The number of carbonyl (C=O) groups excluding carboxylic acids is 2. The second-order valence-corrected chi connectivity index (χ2v) is 4.15. The van der Waals surface area contributed by atoms with Crippen molar-refractivity contribution in [2.24, 2.45) is 0 Å². The Labute approximate surface area is 111 Å². The highest BCUT2D eigenvalue weighted by molar-refractivity contribution is 5.99. The summed E-state index contributed by atoms with van der Waals surface area (Å²) in [5.41, 5.74) is 6.13. The van der Waals surface area contributed by atoms with Crippen molar-refractivity contribution in [1.29, 1.82) is 0 Å². The molecular formula is C12H18N4O3. The number of rotatable bonds is 4. The van der Waals surface area contributed by atoms with Crippen molar-refractivity contribution in [3.8, 4) is 5.75 Å². The fraction of sp³-hybridized carbons (Fsp3) is 0.333. The van der Waals surface area contributed by atoms with Crippen LogP contribution in [0.2, 0.25) is 0 Å². The molecule has 0 radical (unpaired) electrons. The summed E-state index contributed by atoms with van der Waals surface area (Å²) >= 11 is 0. The third-order valence-corrected chi connectivity index (χ3v) is 2.37. The maximum absolute atomic E-state index is 11.8. The molecule has 0 aromatic heterocycles. The van der Waals surface area contributed by atoms with Crippen LogP contribution in [0.15, 0.2) is 18.2 Å². The fourth-order valence-corrected chi connectivity index (χ4v) is 1.34. The second-order valence-electron chi connectivity index (χ2n) is 4.15. The molecule has 0 saturated heterocycles. The largest absolute Gasteiger partial charge is 0.508 e. The summed E-state index contributed by atoms with van der Waals surface area (Å²) in [6, 6.07) is 3.93. The molecule has 3 amide bonds. The number of urea groups is 1. The van der Waals surface area contributed by atoms with Gasteiger partial charge in [0, 0.05) is 32.9 Å².